The minimum Gasteiger partial charge on any atom is -0.467 e. The van der Waals surface area contributed by atoms with Gasteiger partial charge in [-0.15, -0.1) is 0 Å². The van der Waals surface area contributed by atoms with Gasteiger partial charge in [0.1, 0.15) is 17.5 Å². The van der Waals surface area contributed by atoms with E-state index in [-0.39, 0.29) is 11.6 Å². The van der Waals surface area contributed by atoms with Crippen molar-refractivity contribution >= 4 is 11.0 Å². The molecule has 1 N–H and O–H groups in total. The number of aromatic nitrogens is 3. The number of hydrogen-bond acceptors (Lipinski definition) is 4. The van der Waals surface area contributed by atoms with Crippen molar-refractivity contribution in [3.8, 4) is 23.3 Å². The molecule has 0 radical (unpaired) electrons. The average molecular weight is 282 g/mol. The molecule has 0 unspecified atom stereocenters. The number of nitrogens with one attached hydrogen (secondary N) is 1. The van der Waals surface area contributed by atoms with Crippen LogP contribution in [-0.4, -0.2) is 22.1 Å². The van der Waals surface area contributed by atoms with Crippen molar-refractivity contribution in [2.24, 2.45) is 0 Å². The highest BCUT2D eigenvalue weighted by molar-refractivity contribution is 5.92. The highest BCUT2D eigenvalue weighted by Crippen LogP contribution is 2.31. The van der Waals surface area contributed by atoms with Crippen molar-refractivity contribution in [3.05, 3.63) is 41.3 Å². The number of aryl methyl sites for hydroxylation is 1. The molecule has 3 aromatic rings. The third kappa shape index (κ3) is 2.09. The van der Waals surface area contributed by atoms with Crippen LogP contribution in [0.1, 0.15) is 11.1 Å². The summed E-state index contributed by atoms with van der Waals surface area (Å²) in [6, 6.07) is 6.72. The zero-order chi connectivity index (χ0) is 15.0. The molecule has 3 rings (SSSR count). The second-order valence-electron chi connectivity index (χ2n) is 4.56. The summed E-state index contributed by atoms with van der Waals surface area (Å²) < 4.78 is 18.8. The Kier molecular flexibility index (Phi) is 3.03. The number of hydrogen-bond donors (Lipinski definition) is 1. The number of benzene rings is 1. The van der Waals surface area contributed by atoms with Gasteiger partial charge in [-0.2, -0.15) is 15.2 Å². The van der Waals surface area contributed by atoms with Crippen LogP contribution >= 0.6 is 0 Å². The molecule has 6 heteroatoms. The van der Waals surface area contributed by atoms with E-state index in [0.717, 1.165) is 5.39 Å². The summed E-state index contributed by atoms with van der Waals surface area (Å²) >= 11 is 0. The summed E-state index contributed by atoms with van der Waals surface area (Å²) in [6.45, 7) is 1.77. The number of fused-ring (bicyclic) bond motifs is 1. The SMILES string of the molecule is COc1nc(-c2cc(C#N)c(F)cc2C)c2cc[nH]c2n1. The van der Waals surface area contributed by atoms with Crippen LogP contribution in [0.5, 0.6) is 6.01 Å². The number of ether oxygens (including phenoxy) is 1. The van der Waals surface area contributed by atoms with Gasteiger partial charge < -0.3 is 9.72 Å². The number of nitrogens with zero attached hydrogens (tertiary/aromatic N) is 3. The van der Waals surface area contributed by atoms with E-state index in [4.69, 9.17) is 10.00 Å². The van der Waals surface area contributed by atoms with E-state index < -0.39 is 5.82 Å². The van der Waals surface area contributed by atoms with Crippen molar-refractivity contribution in [1.29, 1.82) is 5.26 Å². The van der Waals surface area contributed by atoms with Crippen LogP contribution in [0.4, 0.5) is 4.39 Å². The average Bonchev–Trinajstić information content (AvgIpc) is 2.95. The molecule has 0 aliphatic heterocycles. The maximum absolute atomic E-state index is 13.7. The molecule has 5 nitrogen and oxygen atoms in total. The van der Waals surface area contributed by atoms with Gasteiger partial charge in [-0.1, -0.05) is 0 Å². The molecule has 2 aromatic heterocycles. The topological polar surface area (TPSA) is 74.6 Å². The summed E-state index contributed by atoms with van der Waals surface area (Å²) in [5.41, 5.74) is 2.58. The van der Waals surface area contributed by atoms with E-state index in [2.05, 4.69) is 15.0 Å². The maximum Gasteiger partial charge on any atom is 0.318 e. The fourth-order valence-corrected chi connectivity index (χ4v) is 2.23. The highest BCUT2D eigenvalue weighted by Gasteiger charge is 2.15. The van der Waals surface area contributed by atoms with Crippen LogP contribution in [0.3, 0.4) is 0 Å². The van der Waals surface area contributed by atoms with Gasteiger partial charge in [0, 0.05) is 17.1 Å². The van der Waals surface area contributed by atoms with Gasteiger partial charge in [-0.3, -0.25) is 0 Å². The summed E-state index contributed by atoms with van der Waals surface area (Å²) in [4.78, 5) is 11.5. The van der Waals surface area contributed by atoms with Crippen LogP contribution < -0.4 is 4.74 Å². The number of H-pyrrole nitrogens is 1. The fourth-order valence-electron chi connectivity index (χ4n) is 2.23. The summed E-state index contributed by atoms with van der Waals surface area (Å²) in [5, 5.41) is 9.79. The van der Waals surface area contributed by atoms with Gasteiger partial charge in [0.15, 0.2) is 0 Å². The van der Waals surface area contributed by atoms with E-state index in [1.165, 1.54) is 19.2 Å². The van der Waals surface area contributed by atoms with Gasteiger partial charge in [0.25, 0.3) is 0 Å². The minimum atomic E-state index is -0.537. The lowest BCUT2D eigenvalue weighted by molar-refractivity contribution is 0.382. The lowest BCUT2D eigenvalue weighted by atomic mass is 10.0. The van der Waals surface area contributed by atoms with Gasteiger partial charge in [-0.05, 0) is 30.7 Å². The van der Waals surface area contributed by atoms with Gasteiger partial charge in [-0.25, -0.2) is 4.39 Å². The van der Waals surface area contributed by atoms with Crippen molar-refractivity contribution in [2.45, 2.75) is 6.92 Å². The van der Waals surface area contributed by atoms with E-state index in [9.17, 15) is 4.39 Å². The molecular weight excluding hydrogens is 271 g/mol. The molecule has 2 heterocycles. The van der Waals surface area contributed by atoms with Crippen molar-refractivity contribution in [2.75, 3.05) is 7.11 Å². The third-order valence-corrected chi connectivity index (χ3v) is 3.27. The lowest BCUT2D eigenvalue weighted by Gasteiger charge is -2.09. The smallest absolute Gasteiger partial charge is 0.318 e. The zero-order valence-corrected chi connectivity index (χ0v) is 11.4. The maximum atomic E-state index is 13.7. The predicted octanol–water partition coefficient (Wildman–Crippen LogP) is 2.95. The largest absolute Gasteiger partial charge is 0.467 e. The lowest BCUT2D eigenvalue weighted by Crippen LogP contribution is -1.97. The molecule has 104 valence electrons. The van der Waals surface area contributed by atoms with Crippen molar-refractivity contribution < 1.29 is 9.13 Å². The molecule has 0 aliphatic carbocycles. The van der Waals surface area contributed by atoms with Crippen LogP contribution in [-0.2, 0) is 0 Å². The molecular formula is C15H11FN4O. The molecule has 1 aromatic carbocycles. The highest BCUT2D eigenvalue weighted by atomic mass is 19.1. The number of halogens is 1. The van der Waals surface area contributed by atoms with Crippen LogP contribution in [0, 0.1) is 24.1 Å². The molecule has 0 amide bonds. The Balaban J connectivity index is 2.34. The molecule has 0 aliphatic rings. The molecule has 0 bridgehead atoms. The normalized spacial score (nSPS) is 10.6. The Morgan fingerprint density at radius 2 is 2.14 bits per heavy atom. The zero-order valence-electron chi connectivity index (χ0n) is 11.4. The summed E-state index contributed by atoms with van der Waals surface area (Å²) in [6.07, 6.45) is 1.74. The van der Waals surface area contributed by atoms with Crippen LogP contribution in [0.2, 0.25) is 0 Å². The van der Waals surface area contributed by atoms with Crippen LogP contribution in [0.15, 0.2) is 24.4 Å². The number of aromatic amines is 1. The molecule has 0 fully saturated rings. The van der Waals surface area contributed by atoms with E-state index in [1.807, 2.05) is 12.1 Å². The number of rotatable bonds is 2. The fraction of sp³-hybridized carbons (Fsp3) is 0.133. The van der Waals surface area contributed by atoms with Crippen molar-refractivity contribution in [3.63, 3.8) is 0 Å². The summed E-state index contributed by atoms with van der Waals surface area (Å²) in [5.74, 6) is -0.537. The first-order chi connectivity index (χ1) is 10.1. The number of nitriles is 1. The molecule has 0 spiro atoms. The monoisotopic (exact) mass is 282 g/mol. The van der Waals surface area contributed by atoms with E-state index in [1.54, 1.807) is 13.1 Å². The van der Waals surface area contributed by atoms with Crippen molar-refractivity contribution in [1.82, 2.24) is 15.0 Å². The second kappa shape index (κ2) is 4.87. The molecule has 0 atom stereocenters. The Labute approximate surface area is 120 Å². The Bertz CT molecular complexity index is 879. The Morgan fingerprint density at radius 3 is 2.86 bits per heavy atom. The summed E-state index contributed by atoms with van der Waals surface area (Å²) in [7, 11) is 1.48. The first-order valence-electron chi connectivity index (χ1n) is 6.23. The molecule has 21 heavy (non-hydrogen) atoms. The quantitative estimate of drug-likeness (QED) is 0.784. The molecule has 0 saturated heterocycles. The van der Waals surface area contributed by atoms with Gasteiger partial charge in [0.05, 0.1) is 18.4 Å². The van der Waals surface area contributed by atoms with E-state index in [0.29, 0.717) is 22.5 Å². The Morgan fingerprint density at radius 1 is 1.33 bits per heavy atom. The first-order valence-corrected chi connectivity index (χ1v) is 6.23. The van der Waals surface area contributed by atoms with Gasteiger partial charge >= 0.3 is 6.01 Å². The second-order valence-corrected chi connectivity index (χ2v) is 4.56. The Hall–Kier alpha value is -2.94. The predicted molar refractivity (Wildman–Crippen MR) is 75.3 cm³/mol. The van der Waals surface area contributed by atoms with Gasteiger partial charge in [0.2, 0.25) is 0 Å². The van der Waals surface area contributed by atoms with Crippen LogP contribution in [0.25, 0.3) is 22.3 Å². The van der Waals surface area contributed by atoms with E-state index >= 15 is 0 Å². The molecule has 0 saturated carbocycles. The third-order valence-electron chi connectivity index (χ3n) is 3.27. The minimum absolute atomic E-state index is 0.0168. The first kappa shape index (κ1) is 13.1. The standard InChI is InChI=1S/C15H11FN4O/c1-8-5-12(16)9(7-17)6-11(8)13-10-3-4-18-14(10)20-15(19-13)21-2/h3-6H,1-2H3,(H,18,19,20). The number of methoxy groups -OCH3 is 1.